The molecule has 2 heterocycles. The predicted octanol–water partition coefficient (Wildman–Crippen LogP) is 4.44. The Morgan fingerprint density at radius 1 is 1.17 bits per heavy atom. The highest BCUT2D eigenvalue weighted by Gasteiger charge is 2.08. The van der Waals surface area contributed by atoms with Crippen LogP contribution in [0, 0.1) is 0 Å². The molecular formula is C17H14N4OS. The van der Waals surface area contributed by atoms with Crippen LogP contribution in [0.15, 0.2) is 54.0 Å². The number of benzene rings is 2. The summed E-state index contributed by atoms with van der Waals surface area (Å²) < 4.78 is 5.35. The van der Waals surface area contributed by atoms with E-state index in [1.165, 1.54) is 0 Å². The van der Waals surface area contributed by atoms with Crippen molar-refractivity contribution in [2.45, 2.75) is 0 Å². The van der Waals surface area contributed by atoms with Crippen LogP contribution in [0.2, 0.25) is 0 Å². The number of rotatable bonds is 4. The Labute approximate surface area is 137 Å². The fourth-order valence-electron chi connectivity index (χ4n) is 2.44. The zero-order valence-electron chi connectivity index (χ0n) is 12.4. The van der Waals surface area contributed by atoms with Crippen LogP contribution in [0.5, 0.6) is 5.75 Å². The molecule has 0 radical (unpaired) electrons. The Bertz CT molecular complexity index is 946. The van der Waals surface area contributed by atoms with E-state index in [1.54, 1.807) is 18.4 Å². The lowest BCUT2D eigenvalue weighted by atomic mass is 10.2. The highest BCUT2D eigenvalue weighted by Crippen LogP contribution is 2.29. The lowest BCUT2D eigenvalue weighted by Crippen LogP contribution is -1.95. The molecule has 2 N–H and O–H groups in total. The van der Waals surface area contributed by atoms with E-state index in [9.17, 15) is 0 Å². The second kappa shape index (κ2) is 5.73. The van der Waals surface area contributed by atoms with Gasteiger partial charge in [0.2, 0.25) is 5.95 Å². The molecule has 0 aliphatic heterocycles. The van der Waals surface area contributed by atoms with Crippen molar-refractivity contribution in [1.29, 1.82) is 0 Å². The number of nitrogens with one attached hydrogen (secondary N) is 2. The van der Waals surface area contributed by atoms with Crippen molar-refractivity contribution in [3.63, 3.8) is 0 Å². The van der Waals surface area contributed by atoms with Gasteiger partial charge in [-0.05, 0) is 30.3 Å². The lowest BCUT2D eigenvalue weighted by molar-refractivity contribution is 0.417. The van der Waals surface area contributed by atoms with Crippen molar-refractivity contribution in [2.24, 2.45) is 0 Å². The van der Waals surface area contributed by atoms with Gasteiger partial charge in [-0.2, -0.15) is 0 Å². The third-order valence-corrected chi connectivity index (χ3v) is 4.34. The van der Waals surface area contributed by atoms with E-state index in [0.717, 1.165) is 33.0 Å². The number of aromatic nitrogens is 3. The van der Waals surface area contributed by atoms with Crippen LogP contribution in [0.1, 0.15) is 0 Å². The van der Waals surface area contributed by atoms with Gasteiger partial charge in [-0.25, -0.2) is 9.97 Å². The number of H-pyrrole nitrogens is 1. The minimum atomic E-state index is 0.681. The molecule has 0 saturated carbocycles. The van der Waals surface area contributed by atoms with E-state index in [-0.39, 0.29) is 0 Å². The first kappa shape index (κ1) is 13.8. The Morgan fingerprint density at radius 3 is 2.91 bits per heavy atom. The van der Waals surface area contributed by atoms with Crippen LogP contribution in [0.4, 0.5) is 11.6 Å². The summed E-state index contributed by atoms with van der Waals surface area (Å²) in [5.41, 5.74) is 3.83. The van der Waals surface area contributed by atoms with E-state index < -0.39 is 0 Å². The number of hydrogen-bond acceptors (Lipinski definition) is 5. The van der Waals surface area contributed by atoms with E-state index in [2.05, 4.69) is 26.3 Å². The lowest BCUT2D eigenvalue weighted by Gasteiger charge is -2.07. The summed E-state index contributed by atoms with van der Waals surface area (Å²) >= 11 is 1.62. The van der Waals surface area contributed by atoms with Crippen LogP contribution in [0.3, 0.4) is 0 Å². The monoisotopic (exact) mass is 322 g/mol. The molecule has 0 fully saturated rings. The van der Waals surface area contributed by atoms with Gasteiger partial charge in [-0.1, -0.05) is 12.1 Å². The van der Waals surface area contributed by atoms with Crippen molar-refractivity contribution < 1.29 is 4.74 Å². The maximum Gasteiger partial charge on any atom is 0.205 e. The first-order chi connectivity index (χ1) is 11.3. The highest BCUT2D eigenvalue weighted by atomic mass is 32.1. The number of nitrogens with zero attached hydrogens (tertiary/aromatic N) is 2. The maximum absolute atomic E-state index is 5.35. The molecule has 23 heavy (non-hydrogen) atoms. The molecule has 4 rings (SSSR count). The summed E-state index contributed by atoms with van der Waals surface area (Å²) in [6, 6.07) is 13.8. The molecule has 114 valence electrons. The largest absolute Gasteiger partial charge is 0.495 e. The Hall–Kier alpha value is -2.86. The smallest absolute Gasteiger partial charge is 0.205 e. The molecule has 2 aromatic heterocycles. The van der Waals surface area contributed by atoms with E-state index >= 15 is 0 Å². The number of para-hydroxylation sites is 2. The van der Waals surface area contributed by atoms with Gasteiger partial charge in [0.25, 0.3) is 0 Å². The number of aromatic amines is 1. The van der Waals surface area contributed by atoms with Crippen molar-refractivity contribution >= 4 is 34.0 Å². The molecule has 0 spiro atoms. The number of methoxy groups -OCH3 is 1. The summed E-state index contributed by atoms with van der Waals surface area (Å²) in [5, 5.41) is 6.24. The minimum Gasteiger partial charge on any atom is -0.495 e. The fraction of sp³-hybridized carbons (Fsp3) is 0.0588. The van der Waals surface area contributed by atoms with Gasteiger partial charge in [0.15, 0.2) is 0 Å². The average molecular weight is 322 g/mol. The Balaban J connectivity index is 1.69. The van der Waals surface area contributed by atoms with E-state index in [0.29, 0.717) is 5.95 Å². The minimum absolute atomic E-state index is 0.681. The summed E-state index contributed by atoms with van der Waals surface area (Å²) in [6.07, 6.45) is 1.81. The predicted molar refractivity (Wildman–Crippen MR) is 93.5 cm³/mol. The van der Waals surface area contributed by atoms with Crippen LogP contribution >= 0.6 is 11.3 Å². The second-order valence-corrected chi connectivity index (χ2v) is 5.87. The van der Waals surface area contributed by atoms with Crippen LogP contribution < -0.4 is 10.1 Å². The highest BCUT2D eigenvalue weighted by molar-refractivity contribution is 7.13. The molecule has 5 nitrogen and oxygen atoms in total. The first-order valence-electron chi connectivity index (χ1n) is 7.13. The molecule has 0 aliphatic rings. The SMILES string of the molecule is COc1ccccc1Nc1nc2ccc(-c3nccs3)cc2[nH]1. The summed E-state index contributed by atoms with van der Waals surface area (Å²) in [5.74, 6) is 1.46. The summed E-state index contributed by atoms with van der Waals surface area (Å²) in [4.78, 5) is 12.2. The van der Waals surface area contributed by atoms with Gasteiger partial charge < -0.3 is 15.0 Å². The molecule has 0 amide bonds. The molecule has 6 heteroatoms. The number of hydrogen-bond donors (Lipinski definition) is 2. The number of thiazole rings is 1. The van der Waals surface area contributed by atoms with Gasteiger partial charge in [0, 0.05) is 17.1 Å². The Morgan fingerprint density at radius 2 is 2.09 bits per heavy atom. The number of ether oxygens (including phenoxy) is 1. The molecule has 0 aliphatic carbocycles. The quantitative estimate of drug-likeness (QED) is 0.583. The van der Waals surface area contributed by atoms with Crippen LogP contribution in [0.25, 0.3) is 21.6 Å². The number of imidazole rings is 1. The molecule has 0 bridgehead atoms. The second-order valence-electron chi connectivity index (χ2n) is 4.98. The van der Waals surface area contributed by atoms with Gasteiger partial charge in [0.1, 0.15) is 10.8 Å². The normalized spacial score (nSPS) is 10.8. The van der Waals surface area contributed by atoms with Crippen molar-refractivity contribution in [3.8, 4) is 16.3 Å². The van der Waals surface area contributed by atoms with Crippen molar-refractivity contribution in [1.82, 2.24) is 15.0 Å². The zero-order valence-corrected chi connectivity index (χ0v) is 13.2. The number of fused-ring (bicyclic) bond motifs is 1. The van der Waals surface area contributed by atoms with Crippen molar-refractivity contribution in [2.75, 3.05) is 12.4 Å². The van der Waals surface area contributed by atoms with Crippen LogP contribution in [-0.2, 0) is 0 Å². The standard InChI is InChI=1S/C17H14N4OS/c1-22-15-5-3-2-4-13(15)20-17-19-12-7-6-11(10-14(12)21-17)16-18-8-9-23-16/h2-10H,1H3,(H2,19,20,21). The maximum atomic E-state index is 5.35. The first-order valence-corrected chi connectivity index (χ1v) is 8.01. The topological polar surface area (TPSA) is 62.8 Å². The van der Waals surface area contributed by atoms with Gasteiger partial charge >= 0.3 is 0 Å². The third kappa shape index (κ3) is 2.64. The average Bonchev–Trinajstić information content (AvgIpc) is 3.23. The Kier molecular flexibility index (Phi) is 3.44. The molecule has 2 aromatic carbocycles. The van der Waals surface area contributed by atoms with E-state index in [4.69, 9.17) is 4.74 Å². The fourth-order valence-corrected chi connectivity index (χ4v) is 3.08. The molecule has 0 unspecified atom stereocenters. The summed E-state index contributed by atoms with van der Waals surface area (Å²) in [7, 11) is 1.65. The third-order valence-electron chi connectivity index (χ3n) is 3.52. The van der Waals surface area contributed by atoms with Gasteiger partial charge in [-0.3, -0.25) is 0 Å². The van der Waals surface area contributed by atoms with Crippen LogP contribution in [-0.4, -0.2) is 22.1 Å². The molecule has 0 saturated heterocycles. The van der Waals surface area contributed by atoms with Gasteiger partial charge in [-0.15, -0.1) is 11.3 Å². The van der Waals surface area contributed by atoms with E-state index in [1.807, 2.05) is 48.0 Å². The molecule has 4 aromatic rings. The number of anilines is 2. The molecule has 0 atom stereocenters. The molecular weight excluding hydrogens is 308 g/mol. The van der Waals surface area contributed by atoms with Gasteiger partial charge in [0.05, 0.1) is 23.8 Å². The zero-order chi connectivity index (χ0) is 15.6. The summed E-state index contributed by atoms with van der Waals surface area (Å²) in [6.45, 7) is 0. The van der Waals surface area contributed by atoms with Crippen molar-refractivity contribution in [3.05, 3.63) is 54.0 Å².